The number of methoxy groups -OCH3 is 1. The summed E-state index contributed by atoms with van der Waals surface area (Å²) in [5.41, 5.74) is -0.877. The normalized spacial score (nSPS) is 22.0. The number of nitrogens with zero attached hydrogens (tertiary/aromatic N) is 1. The van der Waals surface area contributed by atoms with Gasteiger partial charge in [-0.3, -0.25) is 4.79 Å². The fourth-order valence-corrected chi connectivity index (χ4v) is 2.53. The molecule has 2 amide bonds. The maximum atomic E-state index is 12.9. The largest absolute Gasteiger partial charge is 1.00 e. The quantitative estimate of drug-likeness (QED) is 0.527. The van der Waals surface area contributed by atoms with Gasteiger partial charge in [-0.1, -0.05) is 20.8 Å². The third-order valence-electron chi connectivity index (χ3n) is 3.88. The third-order valence-corrected chi connectivity index (χ3v) is 3.88. The maximum absolute atomic E-state index is 12.9. The van der Waals surface area contributed by atoms with Gasteiger partial charge in [0.25, 0.3) is 0 Å². The van der Waals surface area contributed by atoms with Gasteiger partial charge in [-0.2, -0.15) is 13.2 Å². The van der Waals surface area contributed by atoms with E-state index in [1.54, 1.807) is 20.8 Å². The Hall–Kier alpha value is -0.364. The van der Waals surface area contributed by atoms with Gasteiger partial charge in [-0.15, -0.1) is 0 Å². The Labute approximate surface area is 186 Å². The number of alkyl halides is 3. The topological polar surface area (TPSA) is 98.8 Å². The monoisotopic (exact) mass is 392 g/mol. The van der Waals surface area contributed by atoms with E-state index >= 15 is 0 Å². The van der Waals surface area contributed by atoms with Crippen molar-refractivity contribution >= 4 is 18.0 Å². The van der Waals surface area contributed by atoms with Crippen LogP contribution in [0.25, 0.3) is 0 Å². The molecule has 1 fully saturated rings. The van der Waals surface area contributed by atoms with Crippen molar-refractivity contribution in [3.8, 4) is 0 Å². The molecule has 1 saturated heterocycles. The van der Waals surface area contributed by atoms with E-state index in [4.69, 9.17) is 0 Å². The third kappa shape index (κ3) is 6.38. The summed E-state index contributed by atoms with van der Waals surface area (Å²) in [5.74, 6) is -4.64. The van der Waals surface area contributed by atoms with Gasteiger partial charge < -0.3 is 24.9 Å². The number of rotatable bonds is 3. The molecule has 1 aliphatic rings. The minimum absolute atomic E-state index is 0. The van der Waals surface area contributed by atoms with Crippen LogP contribution in [0.15, 0.2) is 0 Å². The second-order valence-corrected chi connectivity index (χ2v) is 6.73. The second-order valence-electron chi connectivity index (χ2n) is 6.73. The number of carboxylic acids is 1. The van der Waals surface area contributed by atoms with Crippen molar-refractivity contribution in [1.29, 1.82) is 0 Å². The summed E-state index contributed by atoms with van der Waals surface area (Å²) in [6.45, 7) is 3.95. The fourth-order valence-electron chi connectivity index (χ4n) is 2.53. The van der Waals surface area contributed by atoms with Crippen molar-refractivity contribution in [2.75, 3.05) is 13.7 Å². The Balaban J connectivity index is 0.00000576. The van der Waals surface area contributed by atoms with Gasteiger partial charge in [0.2, 0.25) is 5.91 Å². The Bertz CT molecular complexity index is 522. The van der Waals surface area contributed by atoms with E-state index in [9.17, 15) is 32.7 Å². The van der Waals surface area contributed by atoms with Gasteiger partial charge in [0, 0.05) is 6.54 Å². The molecule has 0 radical (unpaired) electrons. The van der Waals surface area contributed by atoms with Crippen LogP contribution in [0.4, 0.5) is 18.0 Å². The molecule has 1 aliphatic heterocycles. The summed E-state index contributed by atoms with van der Waals surface area (Å²) in [6.07, 6.45) is -6.34. The average molecular weight is 392 g/mol. The van der Waals surface area contributed by atoms with E-state index in [1.165, 1.54) is 0 Å². The maximum Gasteiger partial charge on any atom is 1.00 e. The van der Waals surface area contributed by atoms with Crippen molar-refractivity contribution in [3.05, 3.63) is 0 Å². The summed E-state index contributed by atoms with van der Waals surface area (Å²) < 4.78 is 43.1. The zero-order valence-electron chi connectivity index (χ0n) is 14.8. The van der Waals surface area contributed by atoms with E-state index < -0.39 is 60.5 Å². The molecule has 0 bridgehead atoms. The number of likely N-dealkylation sites (tertiary alicyclic amines) is 1. The number of hydrogen-bond donors (Lipinski definition) is 1. The predicted molar refractivity (Wildman–Crippen MR) is 73.5 cm³/mol. The SMILES string of the molecule is COC(=O)N[C@H](C(=O)N1C[C@H](C(F)(F)F)C[C@H]1C(=O)[O-])C(C)(C)C.[K+]. The minimum Gasteiger partial charge on any atom is -0.548 e. The van der Waals surface area contributed by atoms with Gasteiger partial charge in [-0.25, -0.2) is 4.79 Å². The molecule has 0 aromatic heterocycles. The number of amides is 2. The Morgan fingerprint density at radius 2 is 1.76 bits per heavy atom. The van der Waals surface area contributed by atoms with Gasteiger partial charge in [0.05, 0.1) is 25.0 Å². The number of alkyl carbamates (subject to hydrolysis) is 1. The molecule has 138 valence electrons. The molecule has 25 heavy (non-hydrogen) atoms. The molecule has 0 unspecified atom stereocenters. The van der Waals surface area contributed by atoms with Crippen molar-refractivity contribution in [2.24, 2.45) is 11.3 Å². The summed E-state index contributed by atoms with van der Waals surface area (Å²) >= 11 is 0. The summed E-state index contributed by atoms with van der Waals surface area (Å²) in [5, 5.41) is 13.4. The van der Waals surface area contributed by atoms with Crippen LogP contribution in [0.1, 0.15) is 27.2 Å². The van der Waals surface area contributed by atoms with Crippen LogP contribution in [0.2, 0.25) is 0 Å². The number of nitrogens with one attached hydrogen (secondary N) is 1. The van der Waals surface area contributed by atoms with Crippen LogP contribution >= 0.6 is 0 Å². The summed E-state index contributed by atoms with van der Waals surface area (Å²) in [4.78, 5) is 35.8. The minimum atomic E-state index is -4.63. The summed E-state index contributed by atoms with van der Waals surface area (Å²) in [6, 6.07) is -2.95. The molecule has 0 aliphatic carbocycles. The molecule has 0 aromatic carbocycles. The van der Waals surface area contributed by atoms with Crippen LogP contribution in [0, 0.1) is 11.3 Å². The van der Waals surface area contributed by atoms with E-state index in [-0.39, 0.29) is 51.4 Å². The molecule has 0 aromatic rings. The Morgan fingerprint density at radius 1 is 1.24 bits per heavy atom. The van der Waals surface area contributed by atoms with Crippen molar-refractivity contribution < 1.29 is 88.8 Å². The number of ether oxygens (including phenoxy) is 1. The zero-order chi connectivity index (χ0) is 18.9. The first kappa shape index (κ1) is 24.6. The first-order valence-electron chi connectivity index (χ1n) is 7.21. The number of halogens is 3. The van der Waals surface area contributed by atoms with Crippen molar-refractivity contribution in [3.63, 3.8) is 0 Å². The number of carbonyl (C=O) groups is 3. The van der Waals surface area contributed by atoms with Gasteiger partial charge in [0.15, 0.2) is 0 Å². The average Bonchev–Trinajstić information content (AvgIpc) is 2.87. The molecule has 1 rings (SSSR count). The zero-order valence-corrected chi connectivity index (χ0v) is 17.9. The second kappa shape index (κ2) is 9.02. The van der Waals surface area contributed by atoms with Crippen LogP contribution in [-0.4, -0.2) is 54.8 Å². The fraction of sp³-hybridized carbons (Fsp3) is 0.786. The molecule has 3 atom stereocenters. The molecular formula is C14H20F3KN2O5. The van der Waals surface area contributed by atoms with Gasteiger partial charge >= 0.3 is 63.7 Å². The van der Waals surface area contributed by atoms with Crippen LogP contribution < -0.4 is 61.8 Å². The molecule has 1 heterocycles. The van der Waals surface area contributed by atoms with Crippen LogP contribution in [0.3, 0.4) is 0 Å². The first-order valence-corrected chi connectivity index (χ1v) is 7.21. The number of carboxylic acid groups (broad SMARTS) is 1. The number of carbonyl (C=O) groups excluding carboxylic acids is 3. The molecule has 1 N–H and O–H groups in total. The van der Waals surface area contributed by atoms with Crippen LogP contribution in [0.5, 0.6) is 0 Å². The van der Waals surface area contributed by atoms with Crippen molar-refractivity contribution in [2.45, 2.75) is 45.5 Å². The molecule has 0 saturated carbocycles. The smallest absolute Gasteiger partial charge is 0.548 e. The Morgan fingerprint density at radius 3 is 2.12 bits per heavy atom. The first-order chi connectivity index (χ1) is 10.8. The predicted octanol–water partition coefficient (Wildman–Crippen LogP) is -2.71. The standard InChI is InChI=1S/C14H21F3N2O5.K/c1-13(2,3)9(18-12(23)24-4)10(20)19-6-7(14(15,16)17)5-8(19)11(21)22;/h7-9H,5-6H2,1-4H3,(H,18,23)(H,21,22);/q;+1/p-1/t7-,8+,9-;/m1./s1. The van der Waals surface area contributed by atoms with E-state index in [0.29, 0.717) is 4.90 Å². The van der Waals surface area contributed by atoms with E-state index in [1.807, 2.05) is 0 Å². The molecule has 0 spiro atoms. The number of aliphatic carboxylic acids is 1. The molecule has 11 heteroatoms. The van der Waals surface area contributed by atoms with Gasteiger partial charge in [-0.05, 0) is 11.8 Å². The molecular weight excluding hydrogens is 372 g/mol. The van der Waals surface area contributed by atoms with Crippen LogP contribution in [-0.2, 0) is 14.3 Å². The molecule has 7 nitrogen and oxygen atoms in total. The Kier molecular flexibility index (Phi) is 8.89. The van der Waals surface area contributed by atoms with E-state index in [0.717, 1.165) is 7.11 Å². The van der Waals surface area contributed by atoms with E-state index in [2.05, 4.69) is 10.1 Å². The van der Waals surface area contributed by atoms with Crippen molar-refractivity contribution in [1.82, 2.24) is 10.2 Å². The number of hydrogen-bond acceptors (Lipinski definition) is 5. The van der Waals surface area contributed by atoms with Gasteiger partial charge in [0.1, 0.15) is 6.04 Å². The summed E-state index contributed by atoms with van der Waals surface area (Å²) in [7, 11) is 1.07.